The predicted octanol–water partition coefficient (Wildman–Crippen LogP) is 3.98. The van der Waals surface area contributed by atoms with Crippen LogP contribution < -0.4 is 10.2 Å². The molecule has 1 aromatic heterocycles. The smallest absolute Gasteiger partial charge is 0.128 e. The molecule has 1 fully saturated rings. The lowest BCUT2D eigenvalue weighted by Crippen LogP contribution is -2.36. The second-order valence-electron chi connectivity index (χ2n) is 5.27. The number of aromatic nitrogens is 1. The maximum Gasteiger partial charge on any atom is 0.128 e. The lowest BCUT2D eigenvalue weighted by atomic mass is 10.1. The quantitative estimate of drug-likeness (QED) is 0.777. The molecule has 2 rings (SSSR count). The zero-order valence-electron chi connectivity index (χ0n) is 15.8. The molecule has 0 bridgehead atoms. The monoisotopic (exact) mass is 323 g/mol. The number of hydrogen-bond acceptors (Lipinski definition) is 4. The van der Waals surface area contributed by atoms with Gasteiger partial charge in [0.1, 0.15) is 5.82 Å². The molecular formula is C19H37N3O. The van der Waals surface area contributed by atoms with E-state index in [1.165, 1.54) is 18.4 Å². The van der Waals surface area contributed by atoms with E-state index in [0.717, 1.165) is 44.8 Å². The Balaban J connectivity index is 0.00000112. The van der Waals surface area contributed by atoms with E-state index in [4.69, 9.17) is 0 Å². The van der Waals surface area contributed by atoms with E-state index in [-0.39, 0.29) is 6.10 Å². The van der Waals surface area contributed by atoms with Gasteiger partial charge in [0.2, 0.25) is 0 Å². The highest BCUT2D eigenvalue weighted by Crippen LogP contribution is 2.17. The minimum atomic E-state index is -0.127. The second kappa shape index (κ2) is 14.5. The minimum absolute atomic E-state index is 0.127. The fraction of sp³-hybridized carbons (Fsp3) is 0.737. The third-order valence-corrected chi connectivity index (χ3v) is 3.63. The molecule has 0 atom stereocenters. The number of aliphatic hydroxyl groups is 1. The van der Waals surface area contributed by atoms with Crippen LogP contribution in [0, 0.1) is 0 Å². The highest BCUT2D eigenvalue weighted by molar-refractivity contribution is 5.39. The van der Waals surface area contributed by atoms with Crippen LogP contribution in [0.5, 0.6) is 0 Å². The standard InChI is InChI=1S/C15H25N3O.2C2H6/c1-2-3-8-16-11-13-4-5-15(17-12-13)18-9-6-14(19)7-10-18;2*1-2/h4-5,12,14,16,19H,2-3,6-11H2,1H3;2*1-2H3. The van der Waals surface area contributed by atoms with Crippen LogP contribution in [0.3, 0.4) is 0 Å². The summed E-state index contributed by atoms with van der Waals surface area (Å²) < 4.78 is 0. The lowest BCUT2D eigenvalue weighted by Gasteiger charge is -2.30. The Hall–Kier alpha value is -1.13. The molecule has 2 heterocycles. The first-order valence-electron chi connectivity index (χ1n) is 9.38. The largest absolute Gasteiger partial charge is 0.393 e. The zero-order chi connectivity index (χ0) is 17.5. The van der Waals surface area contributed by atoms with E-state index in [9.17, 15) is 5.11 Å². The Morgan fingerprint density at radius 2 is 1.83 bits per heavy atom. The van der Waals surface area contributed by atoms with Crippen molar-refractivity contribution in [2.75, 3.05) is 24.5 Å². The maximum atomic E-state index is 9.50. The Morgan fingerprint density at radius 1 is 1.17 bits per heavy atom. The van der Waals surface area contributed by atoms with Gasteiger partial charge in [-0.15, -0.1) is 0 Å². The molecule has 2 N–H and O–H groups in total. The molecule has 0 spiro atoms. The molecule has 0 aromatic carbocycles. The van der Waals surface area contributed by atoms with E-state index < -0.39 is 0 Å². The van der Waals surface area contributed by atoms with Gasteiger partial charge in [0, 0.05) is 25.8 Å². The van der Waals surface area contributed by atoms with Gasteiger partial charge in [0.25, 0.3) is 0 Å². The number of nitrogens with one attached hydrogen (secondary N) is 1. The summed E-state index contributed by atoms with van der Waals surface area (Å²) in [6.45, 7) is 14.0. The molecule has 4 heteroatoms. The normalized spacial score (nSPS) is 14.4. The number of piperidine rings is 1. The summed E-state index contributed by atoms with van der Waals surface area (Å²) >= 11 is 0. The first-order valence-corrected chi connectivity index (χ1v) is 9.38. The molecule has 0 amide bonds. The number of unbranched alkanes of at least 4 members (excludes halogenated alkanes) is 1. The Bertz CT molecular complexity index is 359. The van der Waals surface area contributed by atoms with Gasteiger partial charge in [-0.3, -0.25) is 0 Å². The van der Waals surface area contributed by atoms with Crippen LogP contribution >= 0.6 is 0 Å². The summed E-state index contributed by atoms with van der Waals surface area (Å²) in [6.07, 6.45) is 5.98. The van der Waals surface area contributed by atoms with Crippen LogP contribution in [0.2, 0.25) is 0 Å². The van der Waals surface area contributed by atoms with Gasteiger partial charge in [-0.05, 0) is 37.4 Å². The zero-order valence-corrected chi connectivity index (χ0v) is 15.8. The van der Waals surface area contributed by atoms with Gasteiger partial charge >= 0.3 is 0 Å². The summed E-state index contributed by atoms with van der Waals surface area (Å²) in [7, 11) is 0. The average molecular weight is 324 g/mol. The van der Waals surface area contributed by atoms with Crippen molar-refractivity contribution < 1.29 is 5.11 Å². The average Bonchev–Trinajstić information content (AvgIpc) is 2.63. The van der Waals surface area contributed by atoms with E-state index in [1.54, 1.807) is 0 Å². The summed E-state index contributed by atoms with van der Waals surface area (Å²) in [5, 5.41) is 12.9. The van der Waals surface area contributed by atoms with Gasteiger partial charge < -0.3 is 15.3 Å². The van der Waals surface area contributed by atoms with Crippen LogP contribution in [0.1, 0.15) is 65.9 Å². The molecule has 0 unspecified atom stereocenters. The van der Waals surface area contributed by atoms with Crippen molar-refractivity contribution in [2.45, 2.75) is 73.0 Å². The van der Waals surface area contributed by atoms with E-state index in [0.29, 0.717) is 0 Å². The second-order valence-corrected chi connectivity index (χ2v) is 5.27. The van der Waals surface area contributed by atoms with Gasteiger partial charge in [0.15, 0.2) is 0 Å². The van der Waals surface area contributed by atoms with Crippen molar-refractivity contribution >= 4 is 5.82 Å². The highest BCUT2D eigenvalue weighted by Gasteiger charge is 2.17. The summed E-state index contributed by atoms with van der Waals surface area (Å²) in [6, 6.07) is 4.24. The van der Waals surface area contributed by atoms with Gasteiger partial charge in [-0.1, -0.05) is 47.1 Å². The highest BCUT2D eigenvalue weighted by atomic mass is 16.3. The molecule has 1 aliphatic heterocycles. The molecule has 0 aliphatic carbocycles. The minimum Gasteiger partial charge on any atom is -0.393 e. The lowest BCUT2D eigenvalue weighted by molar-refractivity contribution is 0.145. The molecule has 23 heavy (non-hydrogen) atoms. The van der Waals surface area contributed by atoms with Crippen LogP contribution in [-0.4, -0.2) is 35.8 Å². The van der Waals surface area contributed by atoms with Gasteiger partial charge in [-0.25, -0.2) is 4.98 Å². The number of rotatable bonds is 6. The topological polar surface area (TPSA) is 48.4 Å². The fourth-order valence-electron chi connectivity index (χ4n) is 2.34. The maximum absolute atomic E-state index is 9.50. The molecule has 134 valence electrons. The van der Waals surface area contributed by atoms with Crippen molar-refractivity contribution in [3.8, 4) is 0 Å². The number of aliphatic hydroxyl groups excluding tert-OH is 1. The van der Waals surface area contributed by atoms with E-state index in [2.05, 4.69) is 34.3 Å². The fourth-order valence-corrected chi connectivity index (χ4v) is 2.34. The van der Waals surface area contributed by atoms with Crippen LogP contribution in [0.15, 0.2) is 18.3 Å². The molecule has 1 aromatic rings. The Morgan fingerprint density at radius 3 is 2.35 bits per heavy atom. The van der Waals surface area contributed by atoms with Crippen molar-refractivity contribution in [1.29, 1.82) is 0 Å². The van der Waals surface area contributed by atoms with Crippen molar-refractivity contribution in [3.63, 3.8) is 0 Å². The predicted molar refractivity (Wildman–Crippen MR) is 101 cm³/mol. The molecule has 0 saturated carbocycles. The third kappa shape index (κ3) is 8.92. The van der Waals surface area contributed by atoms with Crippen molar-refractivity contribution in [3.05, 3.63) is 23.9 Å². The number of pyridine rings is 1. The summed E-state index contributed by atoms with van der Waals surface area (Å²) in [4.78, 5) is 6.78. The third-order valence-electron chi connectivity index (χ3n) is 3.63. The number of nitrogens with zero attached hydrogens (tertiary/aromatic N) is 2. The summed E-state index contributed by atoms with van der Waals surface area (Å²) in [5.74, 6) is 1.03. The van der Waals surface area contributed by atoms with Crippen molar-refractivity contribution in [1.82, 2.24) is 10.3 Å². The van der Waals surface area contributed by atoms with Gasteiger partial charge in [-0.2, -0.15) is 0 Å². The van der Waals surface area contributed by atoms with Gasteiger partial charge in [0.05, 0.1) is 6.10 Å². The van der Waals surface area contributed by atoms with E-state index in [1.807, 2.05) is 33.9 Å². The first-order chi connectivity index (χ1) is 11.3. The van der Waals surface area contributed by atoms with Crippen LogP contribution in [-0.2, 0) is 6.54 Å². The Labute approximate surface area is 143 Å². The SMILES string of the molecule is CC.CC.CCCCNCc1ccc(N2CCC(O)CC2)nc1. The summed E-state index contributed by atoms with van der Waals surface area (Å²) in [5.41, 5.74) is 1.23. The van der Waals surface area contributed by atoms with Crippen LogP contribution in [0.25, 0.3) is 0 Å². The molecule has 1 aliphatic rings. The van der Waals surface area contributed by atoms with E-state index >= 15 is 0 Å². The molecular weight excluding hydrogens is 286 g/mol. The number of hydrogen-bond donors (Lipinski definition) is 2. The number of anilines is 1. The first kappa shape index (κ1) is 21.9. The Kier molecular flexibility index (Phi) is 13.8. The molecule has 1 saturated heterocycles. The van der Waals surface area contributed by atoms with Crippen molar-refractivity contribution in [2.24, 2.45) is 0 Å². The van der Waals surface area contributed by atoms with Crippen LogP contribution in [0.4, 0.5) is 5.82 Å². The molecule has 0 radical (unpaired) electrons. The molecule has 4 nitrogen and oxygen atoms in total.